The molecule has 1 aliphatic rings. The first-order valence-corrected chi connectivity index (χ1v) is 8.55. The van der Waals surface area contributed by atoms with Crippen LogP contribution in [0.2, 0.25) is 0 Å². The van der Waals surface area contributed by atoms with Crippen molar-refractivity contribution in [2.45, 2.75) is 57.9 Å². The second-order valence-corrected chi connectivity index (χ2v) is 6.40. The van der Waals surface area contributed by atoms with Gasteiger partial charge in [0.2, 0.25) is 0 Å². The van der Waals surface area contributed by atoms with Crippen molar-refractivity contribution >= 4 is 0 Å². The van der Waals surface area contributed by atoms with Crippen LogP contribution in [-0.2, 0) is 0 Å². The van der Waals surface area contributed by atoms with E-state index in [0.29, 0.717) is 5.92 Å². The number of ether oxygens (including phenoxy) is 1. The monoisotopic (exact) mass is 289 g/mol. The van der Waals surface area contributed by atoms with Crippen LogP contribution in [0.5, 0.6) is 5.75 Å². The highest BCUT2D eigenvalue weighted by molar-refractivity contribution is 5.30. The van der Waals surface area contributed by atoms with Gasteiger partial charge in [-0.3, -0.25) is 0 Å². The quantitative estimate of drug-likeness (QED) is 0.752. The van der Waals surface area contributed by atoms with Crippen LogP contribution < -0.4 is 4.74 Å². The van der Waals surface area contributed by atoms with Gasteiger partial charge in [0.1, 0.15) is 5.75 Å². The molecule has 3 atom stereocenters. The molecule has 1 heterocycles. The maximum absolute atomic E-state index is 5.29. The van der Waals surface area contributed by atoms with E-state index in [0.717, 1.165) is 17.7 Å². The minimum absolute atomic E-state index is 0.659. The van der Waals surface area contributed by atoms with Gasteiger partial charge in [-0.05, 0) is 62.4 Å². The van der Waals surface area contributed by atoms with Gasteiger partial charge < -0.3 is 9.64 Å². The zero-order chi connectivity index (χ0) is 15.2. The summed E-state index contributed by atoms with van der Waals surface area (Å²) in [7, 11) is 4.05. The van der Waals surface area contributed by atoms with Gasteiger partial charge in [0.15, 0.2) is 0 Å². The molecule has 0 bridgehead atoms. The van der Waals surface area contributed by atoms with Crippen LogP contribution in [0.1, 0.15) is 57.4 Å². The summed E-state index contributed by atoms with van der Waals surface area (Å²) in [4.78, 5) is 2.60. The Balaban J connectivity index is 2.19. The Morgan fingerprint density at radius 2 is 1.86 bits per heavy atom. The fourth-order valence-corrected chi connectivity index (χ4v) is 4.10. The standard InChI is InChI=1S/C19H31NO/c1-5-17(15-10-12-16(21-4)13-11-15)18(6-2)19-9-7-8-14-20(19)3/h10-13,17-19H,5-9,14H2,1-4H3/t17-,18+,19-/m1/s1. The Bertz CT molecular complexity index is 414. The van der Waals surface area contributed by atoms with E-state index in [-0.39, 0.29) is 0 Å². The van der Waals surface area contributed by atoms with Crippen LogP contribution in [0.3, 0.4) is 0 Å². The van der Waals surface area contributed by atoms with Gasteiger partial charge in [0.25, 0.3) is 0 Å². The molecule has 0 saturated carbocycles. The Kier molecular flexibility index (Phi) is 6.10. The molecular formula is C19H31NO. The second kappa shape index (κ2) is 7.84. The molecule has 21 heavy (non-hydrogen) atoms. The zero-order valence-corrected chi connectivity index (χ0v) is 14.1. The minimum Gasteiger partial charge on any atom is -0.497 e. The Hall–Kier alpha value is -1.02. The summed E-state index contributed by atoms with van der Waals surface area (Å²) in [6.45, 7) is 5.96. The number of likely N-dealkylation sites (tertiary alicyclic amines) is 1. The van der Waals surface area contributed by atoms with E-state index in [2.05, 4.69) is 50.1 Å². The first-order valence-electron chi connectivity index (χ1n) is 8.55. The van der Waals surface area contributed by atoms with Crippen LogP contribution in [0.25, 0.3) is 0 Å². The molecule has 2 heteroatoms. The summed E-state index contributed by atoms with van der Waals surface area (Å²) >= 11 is 0. The van der Waals surface area contributed by atoms with Gasteiger partial charge in [0, 0.05) is 6.04 Å². The summed E-state index contributed by atoms with van der Waals surface area (Å²) in [5.41, 5.74) is 1.48. The molecule has 0 radical (unpaired) electrons. The summed E-state index contributed by atoms with van der Waals surface area (Å²) < 4.78 is 5.29. The SMILES string of the molecule is CC[C@@H]([C@H](CC)c1ccc(OC)cc1)[C@H]1CCCCN1C. The van der Waals surface area contributed by atoms with Crippen molar-refractivity contribution in [1.82, 2.24) is 4.90 Å². The van der Waals surface area contributed by atoms with Gasteiger partial charge in [-0.2, -0.15) is 0 Å². The molecule has 0 unspecified atom stereocenters. The van der Waals surface area contributed by atoms with Crippen molar-refractivity contribution < 1.29 is 4.74 Å². The molecule has 1 saturated heterocycles. The molecule has 2 nitrogen and oxygen atoms in total. The molecule has 1 fully saturated rings. The summed E-state index contributed by atoms with van der Waals surface area (Å²) in [5.74, 6) is 2.37. The fraction of sp³-hybridized carbons (Fsp3) is 0.684. The van der Waals surface area contributed by atoms with E-state index >= 15 is 0 Å². The number of hydrogen-bond acceptors (Lipinski definition) is 2. The molecule has 118 valence electrons. The third-order valence-electron chi connectivity index (χ3n) is 5.29. The average molecular weight is 289 g/mol. The lowest BCUT2D eigenvalue weighted by Crippen LogP contribution is -2.43. The van der Waals surface area contributed by atoms with Gasteiger partial charge >= 0.3 is 0 Å². The molecule has 0 amide bonds. The lowest BCUT2D eigenvalue weighted by molar-refractivity contribution is 0.109. The van der Waals surface area contributed by atoms with E-state index < -0.39 is 0 Å². The number of nitrogens with zero attached hydrogens (tertiary/aromatic N) is 1. The number of piperidine rings is 1. The molecule has 0 aromatic heterocycles. The topological polar surface area (TPSA) is 12.5 Å². The normalized spacial score (nSPS) is 22.8. The predicted octanol–water partition coefficient (Wildman–Crippen LogP) is 4.70. The van der Waals surface area contributed by atoms with Crippen molar-refractivity contribution in [3.63, 3.8) is 0 Å². The average Bonchev–Trinajstić information content (AvgIpc) is 2.54. The first kappa shape index (κ1) is 16.4. The summed E-state index contributed by atoms with van der Waals surface area (Å²) in [6, 6.07) is 9.48. The van der Waals surface area contributed by atoms with Gasteiger partial charge in [-0.1, -0.05) is 38.8 Å². The smallest absolute Gasteiger partial charge is 0.118 e. The van der Waals surface area contributed by atoms with E-state index in [4.69, 9.17) is 4.74 Å². The van der Waals surface area contributed by atoms with E-state index in [1.54, 1.807) is 7.11 Å². The molecule has 0 N–H and O–H groups in total. The molecule has 1 aromatic rings. The molecule has 0 spiro atoms. The fourth-order valence-electron chi connectivity index (χ4n) is 4.10. The number of benzene rings is 1. The number of rotatable bonds is 6. The molecular weight excluding hydrogens is 258 g/mol. The highest BCUT2D eigenvalue weighted by Crippen LogP contribution is 2.37. The Labute approximate surface area is 130 Å². The number of methoxy groups -OCH3 is 1. The second-order valence-electron chi connectivity index (χ2n) is 6.40. The minimum atomic E-state index is 0.659. The van der Waals surface area contributed by atoms with Gasteiger partial charge in [-0.15, -0.1) is 0 Å². The third kappa shape index (κ3) is 3.79. The van der Waals surface area contributed by atoms with Crippen molar-refractivity contribution in [2.24, 2.45) is 5.92 Å². The molecule has 1 aromatic carbocycles. The molecule has 1 aliphatic heterocycles. The maximum Gasteiger partial charge on any atom is 0.118 e. The first-order chi connectivity index (χ1) is 10.2. The highest BCUT2D eigenvalue weighted by Gasteiger charge is 2.32. The van der Waals surface area contributed by atoms with Crippen molar-refractivity contribution in [3.8, 4) is 5.75 Å². The van der Waals surface area contributed by atoms with Crippen molar-refractivity contribution in [2.75, 3.05) is 20.7 Å². The lowest BCUT2D eigenvalue weighted by Gasteiger charge is -2.41. The van der Waals surface area contributed by atoms with Crippen LogP contribution in [0.4, 0.5) is 0 Å². The summed E-state index contributed by atoms with van der Waals surface area (Å²) in [5, 5.41) is 0. The van der Waals surface area contributed by atoms with Gasteiger partial charge in [0.05, 0.1) is 7.11 Å². The lowest BCUT2D eigenvalue weighted by atomic mass is 9.75. The third-order valence-corrected chi connectivity index (χ3v) is 5.29. The Morgan fingerprint density at radius 3 is 2.38 bits per heavy atom. The maximum atomic E-state index is 5.29. The van der Waals surface area contributed by atoms with Crippen LogP contribution in [0, 0.1) is 5.92 Å². The van der Waals surface area contributed by atoms with E-state index in [9.17, 15) is 0 Å². The highest BCUT2D eigenvalue weighted by atomic mass is 16.5. The summed E-state index contributed by atoms with van der Waals surface area (Å²) in [6.07, 6.45) is 6.60. The Morgan fingerprint density at radius 1 is 1.14 bits per heavy atom. The predicted molar refractivity (Wildman–Crippen MR) is 90.1 cm³/mol. The molecule has 2 rings (SSSR count). The van der Waals surface area contributed by atoms with Crippen molar-refractivity contribution in [3.05, 3.63) is 29.8 Å². The number of hydrogen-bond donors (Lipinski definition) is 0. The van der Waals surface area contributed by atoms with Gasteiger partial charge in [-0.25, -0.2) is 0 Å². The van der Waals surface area contributed by atoms with Crippen LogP contribution in [-0.4, -0.2) is 31.6 Å². The zero-order valence-electron chi connectivity index (χ0n) is 14.1. The molecule has 0 aliphatic carbocycles. The van der Waals surface area contributed by atoms with Crippen molar-refractivity contribution in [1.29, 1.82) is 0 Å². The largest absolute Gasteiger partial charge is 0.497 e. The van der Waals surface area contributed by atoms with Crippen LogP contribution >= 0.6 is 0 Å². The van der Waals surface area contributed by atoms with Crippen LogP contribution in [0.15, 0.2) is 24.3 Å². The van der Waals surface area contributed by atoms with E-state index in [1.165, 1.54) is 44.2 Å². The van der Waals surface area contributed by atoms with E-state index in [1.807, 2.05) is 0 Å².